The molecule has 3 N–H and O–H groups in total. The van der Waals surface area contributed by atoms with E-state index in [1.165, 1.54) is 0 Å². The molecule has 1 amide bonds. The summed E-state index contributed by atoms with van der Waals surface area (Å²) in [6.45, 7) is 3.60. The first-order chi connectivity index (χ1) is 8.30. The Morgan fingerprint density at radius 2 is 2.06 bits per heavy atom. The first kappa shape index (κ1) is 13.1. The van der Waals surface area contributed by atoms with Crippen LogP contribution < -0.4 is 10.6 Å². The lowest BCUT2D eigenvalue weighted by Gasteiger charge is -2.29. The third-order valence-corrected chi connectivity index (χ3v) is 3.47. The van der Waals surface area contributed by atoms with Crippen molar-refractivity contribution in [3.05, 3.63) is 29.3 Å². The molecule has 0 fully saturated rings. The van der Waals surface area contributed by atoms with E-state index in [4.69, 9.17) is 5.73 Å². The predicted molar refractivity (Wildman–Crippen MR) is 71.4 cm³/mol. The van der Waals surface area contributed by atoms with E-state index in [9.17, 15) is 9.90 Å². The maximum Gasteiger partial charge on any atom is 0.227 e. The van der Waals surface area contributed by atoms with E-state index in [2.05, 4.69) is 0 Å². The Morgan fingerprint density at radius 3 is 2.67 bits per heavy atom. The van der Waals surface area contributed by atoms with Crippen molar-refractivity contribution in [3.63, 3.8) is 0 Å². The van der Waals surface area contributed by atoms with Crippen LogP contribution in [0.1, 0.15) is 37.5 Å². The third-order valence-electron chi connectivity index (χ3n) is 3.47. The molecule has 98 valence electrons. The van der Waals surface area contributed by atoms with Gasteiger partial charge in [0.1, 0.15) is 0 Å². The first-order valence-corrected chi connectivity index (χ1v) is 6.17. The van der Waals surface area contributed by atoms with Crippen LogP contribution in [-0.4, -0.2) is 23.6 Å². The van der Waals surface area contributed by atoms with Gasteiger partial charge in [0, 0.05) is 24.7 Å². The molecule has 2 rings (SSSR count). The Hall–Kier alpha value is -1.39. The van der Waals surface area contributed by atoms with Gasteiger partial charge in [0.25, 0.3) is 0 Å². The smallest absolute Gasteiger partial charge is 0.227 e. The van der Waals surface area contributed by atoms with Gasteiger partial charge in [0.05, 0.1) is 6.10 Å². The third kappa shape index (κ3) is 2.26. The summed E-state index contributed by atoms with van der Waals surface area (Å²) in [6, 6.07) is 5.68. The molecule has 1 aromatic rings. The molecule has 0 bridgehead atoms. The first-order valence-electron chi connectivity index (χ1n) is 6.17. The summed E-state index contributed by atoms with van der Waals surface area (Å²) in [5.74, 6) is 0.134. The van der Waals surface area contributed by atoms with Crippen LogP contribution in [0.3, 0.4) is 0 Å². The van der Waals surface area contributed by atoms with E-state index in [0.717, 1.165) is 23.2 Å². The van der Waals surface area contributed by atoms with E-state index in [0.29, 0.717) is 6.42 Å². The van der Waals surface area contributed by atoms with Gasteiger partial charge >= 0.3 is 0 Å². The highest BCUT2D eigenvalue weighted by Gasteiger charge is 2.27. The molecule has 0 aliphatic carbocycles. The van der Waals surface area contributed by atoms with Crippen molar-refractivity contribution in [2.24, 2.45) is 5.73 Å². The zero-order chi connectivity index (χ0) is 13.5. The molecule has 1 atom stereocenters. The molecule has 4 nitrogen and oxygen atoms in total. The second-order valence-electron chi connectivity index (χ2n) is 5.56. The maximum absolute atomic E-state index is 11.6. The number of aliphatic hydroxyl groups is 1. The van der Waals surface area contributed by atoms with Gasteiger partial charge in [0.2, 0.25) is 5.91 Å². The second-order valence-corrected chi connectivity index (χ2v) is 5.56. The van der Waals surface area contributed by atoms with Crippen LogP contribution in [0.25, 0.3) is 0 Å². The lowest BCUT2D eigenvalue weighted by molar-refractivity contribution is -0.118. The molecule has 1 unspecified atom stereocenters. The van der Waals surface area contributed by atoms with Gasteiger partial charge in [-0.2, -0.15) is 0 Å². The van der Waals surface area contributed by atoms with Crippen molar-refractivity contribution >= 4 is 11.6 Å². The van der Waals surface area contributed by atoms with Gasteiger partial charge in [-0.25, -0.2) is 0 Å². The average molecular weight is 248 g/mol. The van der Waals surface area contributed by atoms with E-state index in [1.807, 2.05) is 18.2 Å². The molecule has 0 spiro atoms. The molecule has 1 aliphatic rings. The number of carbonyl (C=O) groups is 1. The lowest BCUT2D eigenvalue weighted by atomic mass is 9.89. The van der Waals surface area contributed by atoms with Crippen molar-refractivity contribution < 1.29 is 9.90 Å². The fraction of sp³-hybridized carbons (Fsp3) is 0.500. The predicted octanol–water partition coefficient (Wildman–Crippen LogP) is 1.37. The summed E-state index contributed by atoms with van der Waals surface area (Å²) in [5, 5.41) is 10.2. The zero-order valence-electron chi connectivity index (χ0n) is 11.1. The fourth-order valence-corrected chi connectivity index (χ4v) is 2.28. The molecule has 0 aromatic heterocycles. The van der Waals surface area contributed by atoms with Crippen molar-refractivity contribution in [3.8, 4) is 0 Å². The van der Waals surface area contributed by atoms with Crippen LogP contribution in [0.4, 0.5) is 5.69 Å². The highest BCUT2D eigenvalue weighted by Crippen LogP contribution is 2.31. The zero-order valence-corrected chi connectivity index (χ0v) is 11.1. The summed E-state index contributed by atoms with van der Waals surface area (Å²) in [5.41, 5.74) is 8.08. The van der Waals surface area contributed by atoms with Crippen molar-refractivity contribution in [2.45, 2.75) is 38.3 Å². The summed E-state index contributed by atoms with van der Waals surface area (Å²) in [4.78, 5) is 13.3. The minimum atomic E-state index is -0.703. The highest BCUT2D eigenvalue weighted by molar-refractivity contribution is 5.95. The molecule has 18 heavy (non-hydrogen) atoms. The van der Waals surface area contributed by atoms with E-state index >= 15 is 0 Å². The summed E-state index contributed by atoms with van der Waals surface area (Å²) < 4.78 is 0. The number of benzene rings is 1. The summed E-state index contributed by atoms with van der Waals surface area (Å²) in [6.07, 6.45) is 0.546. The Bertz CT molecular complexity index is 477. The second kappa shape index (κ2) is 4.37. The molecule has 4 heteroatoms. The van der Waals surface area contributed by atoms with Gasteiger partial charge in [-0.1, -0.05) is 12.1 Å². The number of hydrogen-bond acceptors (Lipinski definition) is 3. The van der Waals surface area contributed by atoms with Crippen LogP contribution in [0.2, 0.25) is 0 Å². The largest absolute Gasteiger partial charge is 0.387 e. The molecular weight excluding hydrogens is 228 g/mol. The van der Waals surface area contributed by atoms with E-state index < -0.39 is 11.6 Å². The van der Waals surface area contributed by atoms with Crippen LogP contribution in [0, 0.1) is 0 Å². The Balaban J connectivity index is 2.37. The van der Waals surface area contributed by atoms with Crippen LogP contribution in [0.5, 0.6) is 0 Å². The topological polar surface area (TPSA) is 66.6 Å². The highest BCUT2D eigenvalue weighted by atomic mass is 16.3. The average Bonchev–Trinajstić information content (AvgIpc) is 2.31. The number of nitrogens with zero attached hydrogens (tertiary/aromatic N) is 1. The number of anilines is 1. The number of carbonyl (C=O) groups excluding carboxylic acids is 1. The summed E-state index contributed by atoms with van der Waals surface area (Å²) in [7, 11) is 1.78. The Kier molecular flexibility index (Phi) is 3.17. The van der Waals surface area contributed by atoms with Crippen molar-refractivity contribution in [1.82, 2.24) is 0 Å². The van der Waals surface area contributed by atoms with Gasteiger partial charge < -0.3 is 15.7 Å². The fourth-order valence-electron chi connectivity index (χ4n) is 2.28. The Labute approximate surface area is 107 Å². The van der Waals surface area contributed by atoms with Crippen LogP contribution in [-0.2, 0) is 11.2 Å². The number of hydrogen-bond donors (Lipinski definition) is 2. The minimum absolute atomic E-state index is 0.134. The molecule has 0 radical (unpaired) electrons. The van der Waals surface area contributed by atoms with Crippen LogP contribution in [0.15, 0.2) is 18.2 Å². The van der Waals surface area contributed by atoms with Gasteiger partial charge in [-0.15, -0.1) is 0 Å². The molecule has 1 aliphatic heterocycles. The standard InChI is InChI=1S/C14H20N2O2/c1-14(2,15)13(18)10-4-6-11-9(8-10)5-7-12(17)16(11)3/h4,6,8,13,18H,5,7,15H2,1-3H3. The summed E-state index contributed by atoms with van der Waals surface area (Å²) >= 11 is 0. The SMILES string of the molecule is CN1C(=O)CCc2cc(C(O)C(C)(C)N)ccc21. The number of rotatable bonds is 2. The molecule has 0 saturated heterocycles. The quantitative estimate of drug-likeness (QED) is 0.830. The number of amides is 1. The van der Waals surface area contributed by atoms with Crippen LogP contribution >= 0.6 is 0 Å². The molecular formula is C14H20N2O2. The van der Waals surface area contributed by atoms with Crippen molar-refractivity contribution in [2.75, 3.05) is 11.9 Å². The monoisotopic (exact) mass is 248 g/mol. The lowest BCUT2D eigenvalue weighted by Crippen LogP contribution is -2.39. The van der Waals surface area contributed by atoms with E-state index in [-0.39, 0.29) is 5.91 Å². The molecule has 1 heterocycles. The van der Waals surface area contributed by atoms with E-state index in [1.54, 1.807) is 25.8 Å². The number of aryl methyl sites for hydroxylation is 1. The maximum atomic E-state index is 11.6. The molecule has 0 saturated carbocycles. The molecule has 1 aromatic carbocycles. The van der Waals surface area contributed by atoms with Crippen molar-refractivity contribution in [1.29, 1.82) is 0 Å². The number of aliphatic hydroxyl groups excluding tert-OH is 1. The minimum Gasteiger partial charge on any atom is -0.387 e. The van der Waals surface area contributed by atoms with Gasteiger partial charge in [-0.05, 0) is 37.5 Å². The Morgan fingerprint density at radius 1 is 1.39 bits per heavy atom. The number of nitrogens with two attached hydrogens (primary N) is 1. The van der Waals surface area contributed by atoms with Gasteiger partial charge in [-0.3, -0.25) is 4.79 Å². The normalized spacial score (nSPS) is 17.6. The number of fused-ring (bicyclic) bond motifs is 1. The van der Waals surface area contributed by atoms with Gasteiger partial charge in [0.15, 0.2) is 0 Å².